The third kappa shape index (κ3) is 2.17. The Morgan fingerprint density at radius 1 is 1.29 bits per heavy atom. The highest BCUT2D eigenvalue weighted by atomic mass is 16.5. The number of aldehydes is 1. The first kappa shape index (κ1) is 11.7. The number of ether oxygens (including phenoxy) is 2. The molecule has 0 bridgehead atoms. The minimum Gasteiger partial charge on any atom is -0.497 e. The fraction of sp³-hybridized carbons (Fsp3) is 0.308. The molecule has 1 aromatic heterocycles. The summed E-state index contributed by atoms with van der Waals surface area (Å²) < 4.78 is 12.2. The molecule has 17 heavy (non-hydrogen) atoms. The molecule has 4 nitrogen and oxygen atoms in total. The average molecular weight is 233 g/mol. The van der Waals surface area contributed by atoms with Crippen LogP contribution >= 0.6 is 0 Å². The normalized spacial score (nSPS) is 10.7. The fourth-order valence-electron chi connectivity index (χ4n) is 1.91. The summed E-state index contributed by atoms with van der Waals surface area (Å²) in [6, 6.07) is 7.64. The molecule has 2 rings (SSSR count). The first-order chi connectivity index (χ1) is 8.30. The van der Waals surface area contributed by atoms with Crippen LogP contribution in [0.4, 0.5) is 0 Å². The van der Waals surface area contributed by atoms with Gasteiger partial charge in [-0.2, -0.15) is 0 Å². The lowest BCUT2D eigenvalue weighted by atomic mass is 10.2. The number of fused-ring (bicyclic) bond motifs is 1. The van der Waals surface area contributed by atoms with Crippen LogP contribution in [-0.2, 0) is 11.3 Å². The van der Waals surface area contributed by atoms with Crippen molar-refractivity contribution in [2.24, 2.45) is 0 Å². The van der Waals surface area contributed by atoms with Crippen LogP contribution < -0.4 is 4.74 Å². The maximum Gasteiger partial charge on any atom is 0.166 e. The van der Waals surface area contributed by atoms with Crippen molar-refractivity contribution in [3.05, 3.63) is 30.0 Å². The molecule has 0 atom stereocenters. The van der Waals surface area contributed by atoms with Gasteiger partial charge in [-0.1, -0.05) is 0 Å². The summed E-state index contributed by atoms with van der Waals surface area (Å²) in [4.78, 5) is 11.0. The summed E-state index contributed by atoms with van der Waals surface area (Å²) >= 11 is 0. The van der Waals surface area contributed by atoms with Crippen molar-refractivity contribution in [1.29, 1.82) is 0 Å². The first-order valence-corrected chi connectivity index (χ1v) is 5.41. The van der Waals surface area contributed by atoms with E-state index in [1.54, 1.807) is 14.2 Å². The number of rotatable bonds is 5. The zero-order valence-electron chi connectivity index (χ0n) is 9.97. The molecule has 1 heterocycles. The molecule has 0 aliphatic carbocycles. The van der Waals surface area contributed by atoms with Crippen molar-refractivity contribution in [3.8, 4) is 5.75 Å². The summed E-state index contributed by atoms with van der Waals surface area (Å²) in [5.74, 6) is 0.784. The van der Waals surface area contributed by atoms with E-state index < -0.39 is 0 Å². The number of aromatic nitrogens is 1. The molecule has 0 unspecified atom stereocenters. The fourth-order valence-corrected chi connectivity index (χ4v) is 1.91. The topological polar surface area (TPSA) is 40.5 Å². The van der Waals surface area contributed by atoms with Gasteiger partial charge in [0, 0.05) is 25.1 Å². The second-order valence-electron chi connectivity index (χ2n) is 3.76. The number of methoxy groups -OCH3 is 2. The van der Waals surface area contributed by atoms with Crippen LogP contribution in [0.2, 0.25) is 0 Å². The van der Waals surface area contributed by atoms with E-state index in [4.69, 9.17) is 9.47 Å². The highest BCUT2D eigenvalue weighted by molar-refractivity contribution is 5.89. The van der Waals surface area contributed by atoms with Gasteiger partial charge in [0.05, 0.1) is 24.9 Å². The van der Waals surface area contributed by atoms with Crippen molar-refractivity contribution >= 4 is 17.2 Å². The van der Waals surface area contributed by atoms with Crippen LogP contribution in [0.15, 0.2) is 24.3 Å². The minimum atomic E-state index is 0.571. The van der Waals surface area contributed by atoms with Gasteiger partial charge in [-0.05, 0) is 18.2 Å². The van der Waals surface area contributed by atoms with Crippen molar-refractivity contribution in [1.82, 2.24) is 4.57 Å². The highest BCUT2D eigenvalue weighted by Crippen LogP contribution is 2.24. The summed E-state index contributed by atoms with van der Waals surface area (Å²) in [7, 11) is 3.27. The molecule has 0 saturated heterocycles. The third-order valence-electron chi connectivity index (χ3n) is 2.78. The molecule has 4 heteroatoms. The van der Waals surface area contributed by atoms with Crippen molar-refractivity contribution < 1.29 is 14.3 Å². The van der Waals surface area contributed by atoms with Gasteiger partial charge in [-0.15, -0.1) is 0 Å². The molecule has 2 aromatic rings. The van der Waals surface area contributed by atoms with Crippen LogP contribution in [0.3, 0.4) is 0 Å². The smallest absolute Gasteiger partial charge is 0.166 e. The summed E-state index contributed by atoms with van der Waals surface area (Å²) in [6.07, 6.45) is 0.863. The second-order valence-corrected chi connectivity index (χ2v) is 3.76. The summed E-state index contributed by atoms with van der Waals surface area (Å²) in [6.45, 7) is 1.23. The van der Waals surface area contributed by atoms with E-state index in [2.05, 4.69) is 0 Å². The Morgan fingerprint density at radius 2 is 2.12 bits per heavy atom. The van der Waals surface area contributed by atoms with E-state index in [1.807, 2.05) is 28.8 Å². The van der Waals surface area contributed by atoms with Crippen LogP contribution in [-0.4, -0.2) is 31.7 Å². The molecular weight excluding hydrogens is 218 g/mol. The van der Waals surface area contributed by atoms with Crippen LogP contribution in [0.5, 0.6) is 5.75 Å². The molecule has 0 amide bonds. The average Bonchev–Trinajstić information content (AvgIpc) is 2.73. The maximum absolute atomic E-state index is 11.0. The number of hydrogen-bond acceptors (Lipinski definition) is 3. The molecule has 0 N–H and O–H groups in total. The van der Waals surface area contributed by atoms with Gasteiger partial charge in [0.25, 0.3) is 0 Å². The Morgan fingerprint density at radius 3 is 2.76 bits per heavy atom. The Hall–Kier alpha value is -1.81. The van der Waals surface area contributed by atoms with Gasteiger partial charge in [0.1, 0.15) is 5.75 Å². The summed E-state index contributed by atoms with van der Waals surface area (Å²) in [5, 5.41) is 1.03. The largest absolute Gasteiger partial charge is 0.497 e. The van der Waals surface area contributed by atoms with E-state index >= 15 is 0 Å². The number of benzene rings is 1. The zero-order chi connectivity index (χ0) is 12.3. The first-order valence-electron chi connectivity index (χ1n) is 5.41. The van der Waals surface area contributed by atoms with E-state index in [-0.39, 0.29) is 0 Å². The molecular formula is C13H15NO3. The molecule has 90 valence electrons. The van der Waals surface area contributed by atoms with E-state index in [9.17, 15) is 4.79 Å². The predicted octanol–water partition coefficient (Wildman–Crippen LogP) is 2.11. The molecule has 0 saturated carbocycles. The van der Waals surface area contributed by atoms with Crippen LogP contribution in [0.1, 0.15) is 10.5 Å². The molecule has 0 spiro atoms. The quantitative estimate of drug-likeness (QED) is 0.742. The Labute approximate surface area is 99.7 Å². The van der Waals surface area contributed by atoms with Crippen LogP contribution in [0.25, 0.3) is 10.9 Å². The van der Waals surface area contributed by atoms with Crippen molar-refractivity contribution in [2.45, 2.75) is 6.54 Å². The van der Waals surface area contributed by atoms with Crippen LogP contribution in [0, 0.1) is 0 Å². The van der Waals surface area contributed by atoms with Gasteiger partial charge < -0.3 is 14.0 Å². The Balaban J connectivity index is 2.54. The van der Waals surface area contributed by atoms with Gasteiger partial charge in [0.15, 0.2) is 6.29 Å². The number of carbonyl (C=O) groups excluding carboxylic acids is 1. The molecule has 0 radical (unpaired) electrons. The summed E-state index contributed by atoms with van der Waals surface area (Å²) in [5.41, 5.74) is 1.65. The Bertz CT molecular complexity index is 531. The van der Waals surface area contributed by atoms with E-state index in [0.717, 1.165) is 22.9 Å². The maximum atomic E-state index is 11.0. The lowest BCUT2D eigenvalue weighted by Crippen LogP contribution is -2.07. The molecule has 1 aromatic carbocycles. The second kappa shape index (κ2) is 5.01. The molecule has 0 aliphatic rings. The lowest BCUT2D eigenvalue weighted by molar-refractivity contribution is 0.111. The highest BCUT2D eigenvalue weighted by Gasteiger charge is 2.08. The predicted molar refractivity (Wildman–Crippen MR) is 65.8 cm³/mol. The van der Waals surface area contributed by atoms with Crippen molar-refractivity contribution in [3.63, 3.8) is 0 Å². The zero-order valence-corrected chi connectivity index (χ0v) is 9.97. The van der Waals surface area contributed by atoms with Gasteiger partial charge in [-0.3, -0.25) is 4.79 Å². The van der Waals surface area contributed by atoms with E-state index in [1.165, 1.54) is 0 Å². The van der Waals surface area contributed by atoms with Crippen molar-refractivity contribution in [2.75, 3.05) is 20.8 Å². The Kier molecular flexibility index (Phi) is 3.44. The number of nitrogens with zero attached hydrogens (tertiary/aromatic N) is 1. The standard InChI is InChI=1S/C13H15NO3/c1-16-6-5-14-11(9-15)7-10-3-4-12(17-2)8-13(10)14/h3-4,7-9H,5-6H2,1-2H3. The monoisotopic (exact) mass is 233 g/mol. The number of carbonyl (C=O) groups is 1. The molecule has 0 fully saturated rings. The van der Waals surface area contributed by atoms with Gasteiger partial charge in [0.2, 0.25) is 0 Å². The third-order valence-corrected chi connectivity index (χ3v) is 2.78. The van der Waals surface area contributed by atoms with Gasteiger partial charge in [-0.25, -0.2) is 0 Å². The SMILES string of the molecule is COCCn1c(C=O)cc2ccc(OC)cc21. The lowest BCUT2D eigenvalue weighted by Gasteiger charge is -2.07. The number of hydrogen-bond donors (Lipinski definition) is 0. The molecule has 0 aliphatic heterocycles. The minimum absolute atomic E-state index is 0.571. The van der Waals surface area contributed by atoms with E-state index in [0.29, 0.717) is 18.8 Å². The van der Waals surface area contributed by atoms with Gasteiger partial charge >= 0.3 is 0 Å².